The SMILES string of the molecule is O=C(O)C(F)(F)F.O=c1[nH]c2c(cc1-c1noc(CCc3ncc[nH]3)n1)CC(c1ccccc1)CC2. The Kier molecular flexibility index (Phi) is 7.32. The topological polar surface area (TPSA) is 138 Å². The first-order valence-electron chi connectivity index (χ1n) is 11.1. The molecule has 36 heavy (non-hydrogen) atoms. The fraction of sp³-hybridized carbons (Fsp3) is 0.292. The van der Waals surface area contributed by atoms with Gasteiger partial charge in [0.15, 0.2) is 0 Å². The second-order valence-corrected chi connectivity index (χ2v) is 8.22. The van der Waals surface area contributed by atoms with Crippen LogP contribution in [0.5, 0.6) is 0 Å². The van der Waals surface area contributed by atoms with Gasteiger partial charge < -0.3 is 19.6 Å². The fourth-order valence-corrected chi connectivity index (χ4v) is 4.00. The molecule has 0 spiro atoms. The van der Waals surface area contributed by atoms with Crippen LogP contribution in [0, 0.1) is 0 Å². The predicted molar refractivity (Wildman–Crippen MR) is 121 cm³/mol. The number of hydrogen-bond donors (Lipinski definition) is 3. The molecule has 5 rings (SSSR count). The molecule has 0 saturated carbocycles. The second kappa shape index (κ2) is 10.6. The monoisotopic (exact) mass is 501 g/mol. The zero-order chi connectivity index (χ0) is 25.7. The van der Waals surface area contributed by atoms with Gasteiger partial charge >= 0.3 is 12.1 Å². The summed E-state index contributed by atoms with van der Waals surface area (Å²) in [6.07, 6.45) is 2.45. The molecule has 12 heteroatoms. The standard InChI is InChI=1S/C22H21N5O2.C2HF3O2/c28-22-17(21-26-20(29-27-21)9-8-19-23-10-11-24-19)13-16-12-15(6-7-18(16)25-22)14-4-2-1-3-5-14;3-2(4,5)1(6)7/h1-5,10-11,13,15H,6-9,12H2,(H,23,24)(H,25,28);(H,6,7). The van der Waals surface area contributed by atoms with Gasteiger partial charge in [0.05, 0.1) is 5.56 Å². The largest absolute Gasteiger partial charge is 0.490 e. The van der Waals surface area contributed by atoms with Crippen LogP contribution in [0.15, 0.2) is 58.1 Å². The van der Waals surface area contributed by atoms with Crippen molar-refractivity contribution in [2.45, 2.75) is 44.2 Å². The number of carbonyl (C=O) groups is 1. The summed E-state index contributed by atoms with van der Waals surface area (Å²) in [6.45, 7) is 0. The maximum Gasteiger partial charge on any atom is 0.490 e. The number of fused-ring (bicyclic) bond motifs is 1. The van der Waals surface area contributed by atoms with E-state index in [0.29, 0.717) is 36.0 Å². The average Bonchev–Trinajstić information content (AvgIpc) is 3.55. The number of H-pyrrole nitrogens is 2. The zero-order valence-corrected chi connectivity index (χ0v) is 18.9. The molecular weight excluding hydrogens is 479 g/mol. The number of aromatic nitrogens is 5. The number of hydrogen-bond acceptors (Lipinski definition) is 6. The lowest BCUT2D eigenvalue weighted by molar-refractivity contribution is -0.192. The van der Waals surface area contributed by atoms with Gasteiger partial charge in [-0.2, -0.15) is 18.2 Å². The summed E-state index contributed by atoms with van der Waals surface area (Å²) in [6, 6.07) is 12.5. The van der Waals surface area contributed by atoms with Crippen LogP contribution in [0.3, 0.4) is 0 Å². The quantitative estimate of drug-likeness (QED) is 0.378. The van der Waals surface area contributed by atoms with E-state index in [1.807, 2.05) is 12.1 Å². The van der Waals surface area contributed by atoms with Crippen molar-refractivity contribution in [1.29, 1.82) is 0 Å². The van der Waals surface area contributed by atoms with Crippen LogP contribution in [0.1, 0.15) is 40.9 Å². The summed E-state index contributed by atoms with van der Waals surface area (Å²) >= 11 is 0. The van der Waals surface area contributed by atoms with Crippen molar-refractivity contribution in [3.8, 4) is 11.4 Å². The van der Waals surface area contributed by atoms with E-state index in [1.165, 1.54) is 5.56 Å². The van der Waals surface area contributed by atoms with Crippen molar-refractivity contribution < 1.29 is 27.6 Å². The van der Waals surface area contributed by atoms with Crippen molar-refractivity contribution >= 4 is 5.97 Å². The highest BCUT2D eigenvalue weighted by molar-refractivity contribution is 5.73. The molecule has 0 radical (unpaired) electrons. The highest BCUT2D eigenvalue weighted by Gasteiger charge is 2.38. The number of rotatable bonds is 5. The Balaban J connectivity index is 0.000000384. The van der Waals surface area contributed by atoms with Gasteiger partial charge in [0.2, 0.25) is 11.7 Å². The number of alkyl halides is 3. The van der Waals surface area contributed by atoms with Crippen molar-refractivity contribution in [3.05, 3.63) is 87.7 Å². The van der Waals surface area contributed by atoms with E-state index in [9.17, 15) is 18.0 Å². The average molecular weight is 501 g/mol. The summed E-state index contributed by atoms with van der Waals surface area (Å²) < 4.78 is 37.1. The minimum absolute atomic E-state index is 0.166. The van der Waals surface area contributed by atoms with Gasteiger partial charge in [-0.3, -0.25) is 4.79 Å². The molecule has 3 heterocycles. The van der Waals surface area contributed by atoms with E-state index in [1.54, 1.807) is 12.4 Å². The highest BCUT2D eigenvalue weighted by Crippen LogP contribution is 2.32. The molecule has 1 atom stereocenters. The normalized spacial score (nSPS) is 15.0. The Bertz CT molecular complexity index is 1360. The van der Waals surface area contributed by atoms with E-state index in [2.05, 4.69) is 49.4 Å². The minimum Gasteiger partial charge on any atom is -0.475 e. The van der Waals surface area contributed by atoms with Gasteiger partial charge in [-0.25, -0.2) is 9.78 Å². The number of carboxylic acid groups (broad SMARTS) is 1. The van der Waals surface area contributed by atoms with Crippen LogP contribution >= 0.6 is 0 Å². The van der Waals surface area contributed by atoms with Gasteiger partial charge in [0.25, 0.3) is 5.56 Å². The number of aryl methyl sites for hydroxylation is 3. The smallest absolute Gasteiger partial charge is 0.475 e. The fourth-order valence-electron chi connectivity index (χ4n) is 4.00. The third-order valence-corrected chi connectivity index (χ3v) is 5.78. The maximum atomic E-state index is 12.6. The van der Waals surface area contributed by atoms with Crippen molar-refractivity contribution in [3.63, 3.8) is 0 Å². The Morgan fingerprint density at radius 2 is 1.94 bits per heavy atom. The maximum absolute atomic E-state index is 12.6. The number of benzene rings is 1. The van der Waals surface area contributed by atoms with Crippen molar-refractivity contribution in [1.82, 2.24) is 25.1 Å². The number of imidazole rings is 1. The lowest BCUT2D eigenvalue weighted by atomic mass is 9.82. The summed E-state index contributed by atoms with van der Waals surface area (Å²) in [7, 11) is 0. The molecule has 0 fully saturated rings. The molecule has 188 valence electrons. The minimum atomic E-state index is -5.08. The molecule has 1 aliphatic rings. The number of halogens is 3. The zero-order valence-electron chi connectivity index (χ0n) is 18.9. The van der Waals surface area contributed by atoms with E-state index < -0.39 is 12.1 Å². The van der Waals surface area contributed by atoms with E-state index >= 15 is 0 Å². The summed E-state index contributed by atoms with van der Waals surface area (Å²) in [5.41, 5.74) is 3.81. The molecule has 9 nitrogen and oxygen atoms in total. The first kappa shape index (κ1) is 24.9. The van der Waals surface area contributed by atoms with Gasteiger partial charge in [-0.15, -0.1) is 0 Å². The van der Waals surface area contributed by atoms with Crippen LogP contribution in [0.4, 0.5) is 13.2 Å². The molecule has 0 saturated heterocycles. The Morgan fingerprint density at radius 3 is 2.61 bits per heavy atom. The Hall–Kier alpha value is -4.22. The Morgan fingerprint density at radius 1 is 1.19 bits per heavy atom. The lowest BCUT2D eigenvalue weighted by Crippen LogP contribution is -2.21. The lowest BCUT2D eigenvalue weighted by Gasteiger charge is -2.24. The van der Waals surface area contributed by atoms with Gasteiger partial charge in [-0.05, 0) is 42.4 Å². The first-order valence-corrected chi connectivity index (χ1v) is 11.1. The van der Waals surface area contributed by atoms with Crippen molar-refractivity contribution in [2.24, 2.45) is 0 Å². The molecule has 3 N–H and O–H groups in total. The third kappa shape index (κ3) is 6.06. The number of nitrogens with zero attached hydrogens (tertiary/aromatic N) is 3. The summed E-state index contributed by atoms with van der Waals surface area (Å²) in [5.74, 6) is -0.603. The molecule has 4 aromatic rings. The van der Waals surface area contributed by atoms with E-state index in [0.717, 1.165) is 36.3 Å². The number of pyridine rings is 1. The van der Waals surface area contributed by atoms with Gasteiger partial charge in [0.1, 0.15) is 5.82 Å². The highest BCUT2D eigenvalue weighted by atomic mass is 19.4. The van der Waals surface area contributed by atoms with Crippen LogP contribution in [0.25, 0.3) is 11.4 Å². The number of aliphatic carboxylic acids is 1. The molecule has 1 unspecified atom stereocenters. The molecule has 0 aliphatic heterocycles. The second-order valence-electron chi connectivity index (χ2n) is 8.22. The van der Waals surface area contributed by atoms with Gasteiger partial charge in [-0.1, -0.05) is 35.5 Å². The van der Waals surface area contributed by atoms with Crippen LogP contribution in [-0.4, -0.2) is 42.3 Å². The molecule has 3 aromatic heterocycles. The Labute approximate surface area is 202 Å². The van der Waals surface area contributed by atoms with E-state index in [4.69, 9.17) is 14.4 Å². The van der Waals surface area contributed by atoms with E-state index in [-0.39, 0.29) is 5.56 Å². The van der Waals surface area contributed by atoms with Crippen LogP contribution in [0.2, 0.25) is 0 Å². The molecule has 1 aliphatic carbocycles. The molecule has 0 amide bonds. The molecular formula is C24H22F3N5O4. The number of carboxylic acids is 1. The number of aromatic amines is 2. The van der Waals surface area contributed by atoms with Crippen LogP contribution < -0.4 is 5.56 Å². The molecule has 1 aromatic carbocycles. The third-order valence-electron chi connectivity index (χ3n) is 5.78. The van der Waals surface area contributed by atoms with Crippen LogP contribution in [-0.2, 0) is 30.5 Å². The summed E-state index contributed by atoms with van der Waals surface area (Å²) in [5, 5.41) is 11.2. The van der Waals surface area contributed by atoms with Gasteiger partial charge in [0, 0.05) is 30.9 Å². The molecule has 0 bridgehead atoms. The first-order chi connectivity index (χ1) is 17.2. The summed E-state index contributed by atoms with van der Waals surface area (Å²) in [4.78, 5) is 36.2. The van der Waals surface area contributed by atoms with Crippen molar-refractivity contribution in [2.75, 3.05) is 0 Å². The predicted octanol–water partition coefficient (Wildman–Crippen LogP) is 3.84. The number of nitrogens with one attached hydrogen (secondary N) is 2.